The predicted octanol–water partition coefficient (Wildman–Crippen LogP) is 9.43. The van der Waals surface area contributed by atoms with Crippen molar-refractivity contribution in [3.8, 4) is 45.5 Å². The Labute approximate surface area is 319 Å². The van der Waals surface area contributed by atoms with Crippen LogP contribution in [-0.4, -0.2) is 59.7 Å². The first-order valence-electron chi connectivity index (χ1n) is 18.4. The van der Waals surface area contributed by atoms with Crippen molar-refractivity contribution in [3.05, 3.63) is 82.9 Å². The van der Waals surface area contributed by atoms with Gasteiger partial charge in [0, 0.05) is 54.0 Å². The van der Waals surface area contributed by atoms with E-state index >= 15 is 0 Å². The summed E-state index contributed by atoms with van der Waals surface area (Å²) in [6.07, 6.45) is 1.49. The molecule has 56 heavy (non-hydrogen) atoms. The highest BCUT2D eigenvalue weighted by molar-refractivity contribution is 5.85. The minimum absolute atomic E-state index is 0.0614. The Morgan fingerprint density at radius 1 is 0.821 bits per heavy atom. The second kappa shape index (κ2) is 14.9. The summed E-state index contributed by atoms with van der Waals surface area (Å²) >= 11 is 0. The number of likely N-dealkylation sites (tertiary alicyclic amines) is 1. The number of hydrogen-bond acceptors (Lipinski definition) is 10. The summed E-state index contributed by atoms with van der Waals surface area (Å²) < 4.78 is 81.2. The van der Waals surface area contributed by atoms with E-state index in [1.807, 2.05) is 50.2 Å². The van der Waals surface area contributed by atoms with E-state index in [9.17, 15) is 22.4 Å². The molecule has 10 nitrogen and oxygen atoms in total. The molecule has 2 aliphatic heterocycles. The van der Waals surface area contributed by atoms with Gasteiger partial charge in [-0.1, -0.05) is 38.1 Å². The molecule has 0 unspecified atom stereocenters. The van der Waals surface area contributed by atoms with Crippen LogP contribution in [-0.2, 0) is 22.7 Å². The summed E-state index contributed by atoms with van der Waals surface area (Å²) in [4.78, 5) is 24.2. The number of fused-ring (bicyclic) bond motifs is 2. The largest absolute Gasteiger partial charge is 0.460 e. The lowest BCUT2D eigenvalue weighted by Crippen LogP contribution is -2.52. The molecule has 2 fully saturated rings. The lowest BCUT2D eigenvalue weighted by atomic mass is 9.84. The molecule has 4 heterocycles. The molecule has 2 aromatic heterocycles. The van der Waals surface area contributed by atoms with E-state index in [4.69, 9.17) is 33.0 Å². The van der Waals surface area contributed by atoms with Gasteiger partial charge in [0.2, 0.25) is 11.8 Å². The van der Waals surface area contributed by atoms with Crippen molar-refractivity contribution < 1.29 is 45.4 Å². The molecule has 1 atom stereocenters. The Balaban J connectivity index is 1.10. The Morgan fingerprint density at radius 2 is 1.34 bits per heavy atom. The fraction of sp³-hybridized carbons (Fsp3) is 0.357. The van der Waals surface area contributed by atoms with Gasteiger partial charge >= 0.3 is 19.2 Å². The molecule has 0 saturated carbocycles. The average molecular weight is 773 g/mol. The minimum Gasteiger partial charge on any atom is -0.460 e. The van der Waals surface area contributed by atoms with Crippen LogP contribution < -0.4 is 14.8 Å². The van der Waals surface area contributed by atoms with Crippen molar-refractivity contribution in [1.29, 1.82) is 0 Å². The van der Waals surface area contributed by atoms with Crippen LogP contribution in [0.25, 0.3) is 56.2 Å². The van der Waals surface area contributed by atoms with Gasteiger partial charge in [0.1, 0.15) is 35.2 Å². The van der Waals surface area contributed by atoms with Gasteiger partial charge < -0.3 is 28.4 Å². The zero-order chi connectivity index (χ0) is 39.3. The monoisotopic (exact) mass is 772 g/mol. The minimum atomic E-state index is -3.11. The van der Waals surface area contributed by atoms with E-state index in [0.717, 1.165) is 47.3 Å². The number of alkyl halides is 4. The zero-order valence-electron chi connectivity index (χ0n) is 31.3. The maximum Gasteiger partial charge on any atom is 0.387 e. The number of carbonyl (C=O) groups excluding carboxylic acids is 1. The number of nitrogens with zero attached hydrogens (tertiary/aromatic N) is 3. The van der Waals surface area contributed by atoms with Gasteiger partial charge in [-0.2, -0.15) is 17.6 Å². The number of esters is 1. The molecule has 2 saturated heterocycles. The van der Waals surface area contributed by atoms with E-state index in [2.05, 4.69) is 24.1 Å². The first-order valence-corrected chi connectivity index (χ1v) is 18.4. The summed E-state index contributed by atoms with van der Waals surface area (Å²) in [7, 11) is 0. The zero-order valence-corrected chi connectivity index (χ0v) is 31.3. The highest BCUT2D eigenvalue weighted by atomic mass is 19.3. The van der Waals surface area contributed by atoms with Gasteiger partial charge in [0.25, 0.3) is 0 Å². The van der Waals surface area contributed by atoms with Gasteiger partial charge in [-0.25, -0.2) is 9.97 Å². The van der Waals surface area contributed by atoms with Crippen molar-refractivity contribution in [2.75, 3.05) is 19.6 Å². The standard InChI is InChI=1S/C42H40F4N4O6/c1-22-26(8-5-10-28(22)37-48-31-14-24(18-50-20-42(3,4)21-50)33(55-40(43)44)16-35(31)53-37)27-9-6-11-29(23(27)2)38-49-32-15-25(19-52-39(51)30-12-7-13-47-30)34(56-41(45)46)17-36(32)54-38/h5-6,8-11,14-17,30,40-41,47H,7,12-13,18-21H2,1-4H3/t30-/m0/s1. The number of ether oxygens (including phenoxy) is 3. The van der Waals surface area contributed by atoms with Gasteiger partial charge in [-0.15, -0.1) is 0 Å². The van der Waals surface area contributed by atoms with Crippen LogP contribution in [0, 0.1) is 19.3 Å². The molecule has 8 rings (SSSR count). The lowest BCUT2D eigenvalue weighted by molar-refractivity contribution is -0.147. The fourth-order valence-corrected chi connectivity index (χ4v) is 7.85. The normalized spacial score (nSPS) is 16.9. The molecular formula is C42H40F4N4O6. The number of nitrogens with one attached hydrogen (secondary N) is 1. The Bertz CT molecular complexity index is 2430. The van der Waals surface area contributed by atoms with E-state index in [0.29, 0.717) is 53.1 Å². The van der Waals surface area contributed by atoms with Crippen molar-refractivity contribution in [1.82, 2.24) is 20.2 Å². The second-order valence-corrected chi connectivity index (χ2v) is 15.2. The van der Waals surface area contributed by atoms with Gasteiger partial charge in [0.15, 0.2) is 11.2 Å². The van der Waals surface area contributed by atoms with Crippen molar-refractivity contribution in [2.24, 2.45) is 5.41 Å². The highest BCUT2D eigenvalue weighted by Crippen LogP contribution is 2.40. The summed E-state index contributed by atoms with van der Waals surface area (Å²) in [5, 5.41) is 3.06. The molecule has 0 spiro atoms. The summed E-state index contributed by atoms with van der Waals surface area (Å²) in [5.41, 5.74) is 7.34. The quantitative estimate of drug-likeness (QED) is 0.0954. The molecule has 6 aromatic rings. The van der Waals surface area contributed by atoms with Crippen molar-refractivity contribution >= 4 is 28.2 Å². The van der Waals surface area contributed by atoms with E-state index in [-0.39, 0.29) is 40.6 Å². The van der Waals surface area contributed by atoms with Crippen LogP contribution in [0.4, 0.5) is 17.6 Å². The molecule has 0 amide bonds. The number of rotatable bonds is 12. The average Bonchev–Trinajstić information content (AvgIpc) is 3.90. The fourth-order valence-electron chi connectivity index (χ4n) is 7.85. The van der Waals surface area contributed by atoms with Gasteiger partial charge in [-0.3, -0.25) is 9.69 Å². The van der Waals surface area contributed by atoms with E-state index < -0.39 is 25.2 Å². The molecular weight excluding hydrogens is 732 g/mol. The van der Waals surface area contributed by atoms with Crippen molar-refractivity contribution in [3.63, 3.8) is 0 Å². The third-order valence-electron chi connectivity index (χ3n) is 10.4. The first-order chi connectivity index (χ1) is 26.8. The third kappa shape index (κ3) is 7.55. The summed E-state index contributed by atoms with van der Waals surface area (Å²) in [6, 6.07) is 17.1. The van der Waals surface area contributed by atoms with Gasteiger partial charge in [0.05, 0.1) is 0 Å². The van der Waals surface area contributed by atoms with E-state index in [1.165, 1.54) is 18.2 Å². The smallest absolute Gasteiger partial charge is 0.387 e. The number of carbonyl (C=O) groups is 1. The van der Waals surface area contributed by atoms with Crippen LogP contribution in [0.2, 0.25) is 0 Å². The van der Waals surface area contributed by atoms with Crippen molar-refractivity contribution in [2.45, 2.75) is 73.0 Å². The topological polar surface area (TPSA) is 112 Å². The highest BCUT2D eigenvalue weighted by Gasteiger charge is 2.34. The third-order valence-corrected chi connectivity index (χ3v) is 10.4. The van der Waals surface area contributed by atoms with Crippen LogP contribution in [0.1, 0.15) is 48.9 Å². The molecule has 292 valence electrons. The summed E-state index contributed by atoms with van der Waals surface area (Å²) in [6.45, 7) is 4.70. The van der Waals surface area contributed by atoms with Crippen LogP contribution >= 0.6 is 0 Å². The van der Waals surface area contributed by atoms with Crippen LogP contribution in [0.3, 0.4) is 0 Å². The maximum absolute atomic E-state index is 13.4. The molecule has 14 heteroatoms. The van der Waals surface area contributed by atoms with Crippen LogP contribution in [0.5, 0.6) is 11.5 Å². The van der Waals surface area contributed by atoms with Crippen LogP contribution in [0.15, 0.2) is 69.5 Å². The number of oxazole rings is 2. The summed E-state index contributed by atoms with van der Waals surface area (Å²) in [5.74, 6) is 0.0258. The Kier molecular flexibility index (Phi) is 9.95. The maximum atomic E-state index is 13.4. The lowest BCUT2D eigenvalue weighted by Gasteiger charge is -2.46. The molecule has 0 radical (unpaired) electrons. The molecule has 0 aliphatic carbocycles. The molecule has 1 N–H and O–H groups in total. The number of halogens is 4. The molecule has 0 bridgehead atoms. The van der Waals surface area contributed by atoms with E-state index in [1.54, 1.807) is 6.07 Å². The molecule has 2 aliphatic rings. The van der Waals surface area contributed by atoms with Gasteiger partial charge in [-0.05, 0) is 85.2 Å². The predicted molar refractivity (Wildman–Crippen MR) is 201 cm³/mol. The Morgan fingerprint density at radius 3 is 1.84 bits per heavy atom. The SMILES string of the molecule is Cc1c(-c2nc3cc(COC(=O)[C@@H]4CCCN4)c(OC(F)F)cc3o2)cccc1-c1cccc(-c2nc3cc(CN4CC(C)(C)C4)c(OC(F)F)cc3o2)c1C. The first kappa shape index (κ1) is 37.5. The number of aromatic nitrogens is 2. The number of hydrogen-bond donors (Lipinski definition) is 1. The number of benzene rings is 4. The second-order valence-electron chi connectivity index (χ2n) is 15.2. The molecule has 4 aromatic carbocycles. The Hall–Kier alpha value is -5.47.